The molecule has 0 saturated carbocycles. The number of hydrogen-bond donors (Lipinski definition) is 0. The van der Waals surface area contributed by atoms with Gasteiger partial charge in [0.2, 0.25) is 0 Å². The minimum absolute atomic E-state index is 0.521. The van der Waals surface area contributed by atoms with E-state index in [1.54, 1.807) is 0 Å². The number of para-hydroxylation sites is 2. The Balaban J connectivity index is 2.35. The van der Waals surface area contributed by atoms with E-state index in [1.807, 2.05) is 64.1 Å². The van der Waals surface area contributed by atoms with Gasteiger partial charge in [0.15, 0.2) is 0 Å². The van der Waals surface area contributed by atoms with Crippen molar-refractivity contribution in [1.82, 2.24) is 0 Å². The number of benzene rings is 2. The summed E-state index contributed by atoms with van der Waals surface area (Å²) in [5.41, 5.74) is 3.94. The van der Waals surface area contributed by atoms with E-state index >= 15 is 0 Å². The summed E-state index contributed by atoms with van der Waals surface area (Å²) < 4.78 is 0. The Morgan fingerprint density at radius 2 is 0.889 bits per heavy atom. The van der Waals surface area contributed by atoms with E-state index in [0.29, 0.717) is 32.8 Å². The largest absolute Gasteiger partial charge is 0.249 e. The van der Waals surface area contributed by atoms with E-state index in [1.165, 1.54) is 10.5 Å². The number of rotatable bonds is 12. The highest BCUT2D eigenvalue weighted by Crippen LogP contribution is 2.29. The van der Waals surface area contributed by atoms with E-state index < -0.39 is 0 Å². The molecule has 0 aromatic heterocycles. The lowest BCUT2D eigenvalue weighted by atomic mass is 10.0. The maximum Gasteiger partial charge on any atom is 0.0982 e. The molecule has 2 aromatic carbocycles. The lowest BCUT2D eigenvalue weighted by molar-refractivity contribution is -0.0821. The van der Waals surface area contributed by atoms with Gasteiger partial charge in [0.05, 0.1) is 37.8 Å². The van der Waals surface area contributed by atoms with Gasteiger partial charge in [-0.1, -0.05) is 36.4 Å². The third-order valence-corrected chi connectivity index (χ3v) is 3.74. The number of nitrogens with zero attached hydrogens (tertiary/aromatic N) is 2. The van der Waals surface area contributed by atoms with Crippen molar-refractivity contribution in [2.24, 2.45) is 0 Å². The second-order valence-electron chi connectivity index (χ2n) is 5.62. The number of anilines is 2. The smallest absolute Gasteiger partial charge is 0.0982 e. The van der Waals surface area contributed by atoms with Crippen LogP contribution in [-0.4, -0.2) is 26.4 Å². The summed E-state index contributed by atoms with van der Waals surface area (Å²) in [6.07, 6.45) is 0.680. The molecular formula is C21H30N2O4. The van der Waals surface area contributed by atoms with Crippen LogP contribution >= 0.6 is 0 Å². The van der Waals surface area contributed by atoms with Gasteiger partial charge in [-0.15, -0.1) is 10.5 Å². The Morgan fingerprint density at radius 3 is 1.22 bits per heavy atom. The van der Waals surface area contributed by atoms with Gasteiger partial charge in [-0.25, -0.2) is 19.4 Å². The Kier molecular flexibility index (Phi) is 9.07. The summed E-state index contributed by atoms with van der Waals surface area (Å²) in [5, 5.41) is 3.00. The first-order valence-corrected chi connectivity index (χ1v) is 9.52. The normalized spacial score (nSPS) is 10.8. The highest BCUT2D eigenvalue weighted by Gasteiger charge is 2.17. The zero-order valence-corrected chi connectivity index (χ0v) is 16.7. The molecule has 0 fully saturated rings. The fourth-order valence-electron chi connectivity index (χ4n) is 2.70. The average Bonchev–Trinajstić information content (AvgIpc) is 2.69. The lowest BCUT2D eigenvalue weighted by Gasteiger charge is -2.26. The van der Waals surface area contributed by atoms with E-state index in [9.17, 15) is 0 Å². The minimum Gasteiger partial charge on any atom is -0.249 e. The van der Waals surface area contributed by atoms with Gasteiger partial charge in [-0.3, -0.25) is 0 Å². The maximum atomic E-state index is 5.65. The van der Waals surface area contributed by atoms with Gasteiger partial charge in [0.1, 0.15) is 0 Å². The van der Waals surface area contributed by atoms with Gasteiger partial charge in [-0.05, 0) is 51.0 Å². The summed E-state index contributed by atoms with van der Waals surface area (Å²) >= 11 is 0. The molecule has 0 N–H and O–H groups in total. The van der Waals surface area contributed by atoms with E-state index in [-0.39, 0.29) is 0 Å². The molecule has 6 nitrogen and oxygen atoms in total. The van der Waals surface area contributed by atoms with Crippen LogP contribution in [0.3, 0.4) is 0 Å². The molecule has 2 rings (SSSR count). The molecule has 0 unspecified atom stereocenters. The second kappa shape index (κ2) is 11.6. The molecule has 0 aliphatic heterocycles. The summed E-state index contributed by atoms with van der Waals surface area (Å²) in [7, 11) is 0. The molecule has 0 radical (unpaired) electrons. The molecule has 0 atom stereocenters. The van der Waals surface area contributed by atoms with Crippen LogP contribution in [-0.2, 0) is 25.8 Å². The van der Waals surface area contributed by atoms with E-state index in [4.69, 9.17) is 19.4 Å². The third-order valence-electron chi connectivity index (χ3n) is 3.74. The molecular weight excluding hydrogens is 344 g/mol. The third kappa shape index (κ3) is 5.94. The van der Waals surface area contributed by atoms with Crippen LogP contribution in [0.15, 0.2) is 48.5 Å². The topological polar surface area (TPSA) is 43.4 Å². The van der Waals surface area contributed by atoms with Gasteiger partial charge in [0.25, 0.3) is 0 Å². The molecule has 0 amide bonds. The van der Waals surface area contributed by atoms with Crippen molar-refractivity contribution in [3.05, 3.63) is 59.7 Å². The summed E-state index contributed by atoms with van der Waals surface area (Å²) in [4.78, 5) is 22.6. The molecule has 6 heteroatoms. The Bertz CT molecular complexity index is 611. The van der Waals surface area contributed by atoms with Crippen molar-refractivity contribution < 1.29 is 19.4 Å². The minimum atomic E-state index is 0.521. The van der Waals surface area contributed by atoms with Crippen LogP contribution < -0.4 is 10.5 Å². The van der Waals surface area contributed by atoms with Crippen molar-refractivity contribution in [3.8, 4) is 0 Å². The highest BCUT2D eigenvalue weighted by atomic mass is 17.0. The molecule has 148 valence electrons. The molecule has 0 saturated heterocycles. The Hall–Kier alpha value is -2.12. The van der Waals surface area contributed by atoms with Gasteiger partial charge in [-0.2, -0.15) is 0 Å². The first-order valence-electron chi connectivity index (χ1n) is 9.52. The van der Waals surface area contributed by atoms with Crippen LogP contribution in [0.1, 0.15) is 38.8 Å². The summed E-state index contributed by atoms with van der Waals surface area (Å²) in [5.74, 6) is 0. The zero-order valence-electron chi connectivity index (χ0n) is 16.7. The lowest BCUT2D eigenvalue weighted by Crippen LogP contribution is -2.26. The predicted octanol–water partition coefficient (Wildman–Crippen LogP) is 4.70. The van der Waals surface area contributed by atoms with Crippen molar-refractivity contribution in [2.45, 2.75) is 34.1 Å². The Labute approximate surface area is 162 Å². The van der Waals surface area contributed by atoms with Gasteiger partial charge < -0.3 is 0 Å². The molecule has 0 aliphatic carbocycles. The van der Waals surface area contributed by atoms with Gasteiger partial charge in [0, 0.05) is 6.42 Å². The van der Waals surface area contributed by atoms with Crippen LogP contribution in [0.5, 0.6) is 0 Å². The van der Waals surface area contributed by atoms with Crippen molar-refractivity contribution in [3.63, 3.8) is 0 Å². The van der Waals surface area contributed by atoms with Crippen LogP contribution in [0.25, 0.3) is 0 Å². The fraction of sp³-hybridized carbons (Fsp3) is 0.429. The second-order valence-corrected chi connectivity index (χ2v) is 5.62. The van der Waals surface area contributed by atoms with Crippen molar-refractivity contribution in [2.75, 3.05) is 36.9 Å². The molecule has 2 aromatic rings. The summed E-state index contributed by atoms with van der Waals surface area (Å²) in [6.45, 7) is 9.83. The maximum absolute atomic E-state index is 5.65. The zero-order chi connectivity index (χ0) is 19.5. The summed E-state index contributed by atoms with van der Waals surface area (Å²) in [6, 6.07) is 16.1. The monoisotopic (exact) mass is 374 g/mol. The standard InChI is InChI=1S/C21H30N2O4/c1-5-24-22(25-6-2)20-15-11-9-13-18(20)17-19-14-10-12-16-21(19)23(26-7-3)27-8-4/h9-16H,5-8,17H2,1-4H3. The van der Waals surface area contributed by atoms with E-state index in [2.05, 4.69) is 12.1 Å². The van der Waals surface area contributed by atoms with Crippen molar-refractivity contribution >= 4 is 11.4 Å². The van der Waals surface area contributed by atoms with Crippen LogP contribution in [0, 0.1) is 0 Å². The first kappa shape index (κ1) is 21.2. The first-order chi connectivity index (χ1) is 13.2. The molecule has 0 bridgehead atoms. The highest BCUT2D eigenvalue weighted by molar-refractivity contribution is 5.57. The van der Waals surface area contributed by atoms with Crippen LogP contribution in [0.2, 0.25) is 0 Å². The molecule has 27 heavy (non-hydrogen) atoms. The molecule has 0 heterocycles. The SMILES string of the molecule is CCON(OCC)c1ccccc1Cc1ccccc1N(OCC)OCC. The van der Waals surface area contributed by atoms with E-state index in [0.717, 1.165) is 22.5 Å². The molecule has 0 spiro atoms. The Morgan fingerprint density at radius 1 is 0.556 bits per heavy atom. The van der Waals surface area contributed by atoms with Gasteiger partial charge >= 0.3 is 0 Å². The van der Waals surface area contributed by atoms with Crippen LogP contribution in [0.4, 0.5) is 11.4 Å². The average molecular weight is 374 g/mol. The predicted molar refractivity (Wildman–Crippen MR) is 107 cm³/mol. The van der Waals surface area contributed by atoms with Crippen molar-refractivity contribution in [1.29, 1.82) is 0 Å². The number of hydrogen-bond acceptors (Lipinski definition) is 6. The quantitative estimate of drug-likeness (QED) is 0.502. The fourth-order valence-corrected chi connectivity index (χ4v) is 2.70. The molecule has 0 aliphatic rings.